The molecule has 8 aromatic carbocycles. The van der Waals surface area contributed by atoms with Crippen LogP contribution in [-0.4, -0.2) is 9.55 Å². The Hall–Kier alpha value is -5.86. The van der Waals surface area contributed by atoms with E-state index in [1.807, 2.05) is 59.2 Å². The standard InChI is InChI=1S/C42H26N2/c1-3-12-32-26(8-1)16-17-28-18-19-30(23-35(28)32)29-10-7-11-31(22-29)44-40-21-20-27-9-2-4-13-33(27)42(40)37-24-36-34-14-5-6-15-38(34)43-39(36)25-41(37)44/h1-25,43H/i7D,10D,11D,22D. The lowest BCUT2D eigenvalue weighted by Crippen LogP contribution is -1.94. The van der Waals surface area contributed by atoms with Crippen LogP contribution in [0.1, 0.15) is 5.48 Å². The fourth-order valence-corrected chi connectivity index (χ4v) is 7.12. The van der Waals surface area contributed by atoms with Crippen molar-refractivity contribution in [3.8, 4) is 16.8 Å². The Morgan fingerprint density at radius 3 is 2.07 bits per heavy atom. The maximum absolute atomic E-state index is 9.72. The molecule has 0 saturated carbocycles. The number of benzene rings is 8. The van der Waals surface area contributed by atoms with Gasteiger partial charge in [-0.25, -0.2) is 0 Å². The normalized spacial score (nSPS) is 13.4. The minimum atomic E-state index is -0.198. The molecule has 204 valence electrons. The number of para-hydroxylation sites is 1. The van der Waals surface area contributed by atoms with Gasteiger partial charge in [-0.05, 0) is 85.9 Å². The first kappa shape index (κ1) is 20.1. The molecule has 0 amide bonds. The third kappa shape index (κ3) is 3.31. The van der Waals surface area contributed by atoms with Gasteiger partial charge in [0.2, 0.25) is 0 Å². The van der Waals surface area contributed by atoms with E-state index < -0.39 is 0 Å². The van der Waals surface area contributed by atoms with Gasteiger partial charge in [0.1, 0.15) is 0 Å². The van der Waals surface area contributed by atoms with Gasteiger partial charge in [0.25, 0.3) is 0 Å². The molecule has 44 heavy (non-hydrogen) atoms. The van der Waals surface area contributed by atoms with Crippen LogP contribution in [0.2, 0.25) is 0 Å². The molecular formula is C42H26N2. The second-order valence-electron chi connectivity index (χ2n) is 11.5. The molecule has 10 rings (SSSR count). The van der Waals surface area contributed by atoms with E-state index in [0.29, 0.717) is 16.8 Å². The lowest BCUT2D eigenvalue weighted by atomic mass is 9.97. The SMILES string of the molecule is [2H]c1c([2H])c(-c2ccc3ccc4ccccc4c3c2)c([2H])c(-n2c3cc4[nH]c5ccccc5c4cc3c3c4ccccc4ccc32)c1[2H]. The van der Waals surface area contributed by atoms with E-state index in [9.17, 15) is 2.74 Å². The van der Waals surface area contributed by atoms with Crippen LogP contribution in [0.15, 0.2) is 152 Å². The molecule has 10 aromatic rings. The van der Waals surface area contributed by atoms with Gasteiger partial charge in [-0.3, -0.25) is 0 Å². The molecule has 0 saturated heterocycles. The van der Waals surface area contributed by atoms with Gasteiger partial charge in [-0.15, -0.1) is 0 Å². The second-order valence-corrected chi connectivity index (χ2v) is 11.5. The number of H-pyrrole nitrogens is 1. The summed E-state index contributed by atoms with van der Waals surface area (Å²) >= 11 is 0. The number of hydrogen-bond acceptors (Lipinski definition) is 0. The van der Waals surface area contributed by atoms with Crippen LogP contribution >= 0.6 is 0 Å². The molecule has 0 spiro atoms. The summed E-state index contributed by atoms with van der Waals surface area (Å²) in [5.74, 6) is 0. The molecule has 0 atom stereocenters. The van der Waals surface area contributed by atoms with Crippen molar-refractivity contribution >= 4 is 75.9 Å². The average Bonchev–Trinajstić information content (AvgIpc) is 3.65. The largest absolute Gasteiger partial charge is 0.354 e. The van der Waals surface area contributed by atoms with Crippen LogP contribution in [0, 0.1) is 0 Å². The zero-order valence-electron chi connectivity index (χ0n) is 27.6. The Kier molecular flexibility index (Phi) is 4.03. The van der Waals surface area contributed by atoms with Crippen molar-refractivity contribution in [3.63, 3.8) is 0 Å². The summed E-state index contributed by atoms with van der Waals surface area (Å²) in [5.41, 5.74) is 5.04. The minimum Gasteiger partial charge on any atom is -0.354 e. The number of nitrogens with zero attached hydrogens (tertiary/aromatic N) is 1. The van der Waals surface area contributed by atoms with E-state index in [4.69, 9.17) is 2.74 Å². The molecule has 0 unspecified atom stereocenters. The first-order chi connectivity index (χ1) is 23.5. The van der Waals surface area contributed by atoms with Crippen LogP contribution in [0.3, 0.4) is 0 Å². The molecular weight excluding hydrogens is 532 g/mol. The van der Waals surface area contributed by atoms with E-state index in [0.717, 1.165) is 75.9 Å². The van der Waals surface area contributed by atoms with E-state index >= 15 is 0 Å². The molecule has 0 aliphatic heterocycles. The predicted molar refractivity (Wildman–Crippen MR) is 188 cm³/mol. The summed E-state index contributed by atoms with van der Waals surface area (Å²) in [4.78, 5) is 3.57. The summed E-state index contributed by atoms with van der Waals surface area (Å²) in [7, 11) is 0. The molecule has 0 bridgehead atoms. The highest BCUT2D eigenvalue weighted by molar-refractivity contribution is 6.25. The van der Waals surface area contributed by atoms with Crippen LogP contribution in [0.25, 0.3) is 92.7 Å². The Morgan fingerprint density at radius 1 is 0.477 bits per heavy atom. The quantitative estimate of drug-likeness (QED) is 0.202. The van der Waals surface area contributed by atoms with Crippen molar-refractivity contribution in [3.05, 3.63) is 152 Å². The van der Waals surface area contributed by atoms with E-state index in [1.54, 1.807) is 0 Å². The van der Waals surface area contributed by atoms with Gasteiger partial charge < -0.3 is 9.55 Å². The molecule has 0 fully saturated rings. The van der Waals surface area contributed by atoms with Gasteiger partial charge >= 0.3 is 0 Å². The third-order valence-electron chi connectivity index (χ3n) is 9.15. The van der Waals surface area contributed by atoms with Crippen molar-refractivity contribution in [2.24, 2.45) is 0 Å². The van der Waals surface area contributed by atoms with Gasteiger partial charge in [0.15, 0.2) is 0 Å². The number of hydrogen-bond donors (Lipinski definition) is 1. The predicted octanol–water partition coefficient (Wildman–Crippen LogP) is 11.5. The molecule has 1 N–H and O–H groups in total. The summed E-state index contributed by atoms with van der Waals surface area (Å²) in [5, 5.41) is 10.8. The van der Waals surface area contributed by atoms with Crippen molar-refractivity contribution in [2.45, 2.75) is 0 Å². The van der Waals surface area contributed by atoms with Gasteiger partial charge in [0.05, 0.1) is 16.5 Å². The Balaban J connectivity index is 1.35. The molecule has 0 aliphatic carbocycles. The molecule has 2 nitrogen and oxygen atoms in total. The summed E-state index contributed by atoms with van der Waals surface area (Å²) in [6.45, 7) is 0. The molecule has 0 aliphatic rings. The summed E-state index contributed by atoms with van der Waals surface area (Å²) < 4.78 is 39.1. The Bertz CT molecular complexity index is 3010. The Morgan fingerprint density at radius 2 is 1.18 bits per heavy atom. The number of nitrogens with one attached hydrogen (secondary N) is 1. The van der Waals surface area contributed by atoms with Gasteiger partial charge in [-0.1, -0.05) is 109 Å². The highest BCUT2D eigenvalue weighted by atomic mass is 15.0. The first-order valence-corrected chi connectivity index (χ1v) is 14.9. The van der Waals surface area contributed by atoms with Gasteiger partial charge in [-0.2, -0.15) is 0 Å². The smallest absolute Gasteiger partial charge is 0.0651 e. The van der Waals surface area contributed by atoms with Crippen molar-refractivity contribution < 1.29 is 5.48 Å². The molecule has 2 aromatic heterocycles. The van der Waals surface area contributed by atoms with Gasteiger partial charge in [0, 0.05) is 38.3 Å². The average molecular weight is 563 g/mol. The number of fused-ring (bicyclic) bond motifs is 11. The first-order valence-electron chi connectivity index (χ1n) is 16.9. The number of rotatable bonds is 2. The van der Waals surface area contributed by atoms with Crippen molar-refractivity contribution in [1.82, 2.24) is 9.55 Å². The van der Waals surface area contributed by atoms with Crippen LogP contribution in [0.4, 0.5) is 0 Å². The second kappa shape index (κ2) is 8.82. The van der Waals surface area contributed by atoms with Crippen molar-refractivity contribution in [1.29, 1.82) is 0 Å². The summed E-state index contributed by atoms with van der Waals surface area (Å²) in [6, 6.07) is 43.0. The highest BCUT2D eigenvalue weighted by Gasteiger charge is 2.18. The van der Waals surface area contributed by atoms with E-state index in [-0.39, 0.29) is 24.2 Å². The summed E-state index contributed by atoms with van der Waals surface area (Å²) in [6.07, 6.45) is 0. The maximum atomic E-state index is 9.72. The van der Waals surface area contributed by atoms with E-state index in [1.165, 1.54) is 0 Å². The van der Waals surface area contributed by atoms with Crippen LogP contribution < -0.4 is 0 Å². The fraction of sp³-hybridized carbons (Fsp3) is 0. The van der Waals surface area contributed by atoms with Crippen molar-refractivity contribution in [2.75, 3.05) is 0 Å². The third-order valence-corrected chi connectivity index (χ3v) is 9.15. The minimum absolute atomic E-state index is 0.0595. The highest BCUT2D eigenvalue weighted by Crippen LogP contribution is 2.41. The fourth-order valence-electron chi connectivity index (χ4n) is 7.12. The Labute approximate surface area is 259 Å². The monoisotopic (exact) mass is 562 g/mol. The number of aromatic nitrogens is 2. The molecule has 0 radical (unpaired) electrons. The zero-order chi connectivity index (χ0) is 32.3. The lowest BCUT2D eigenvalue weighted by Gasteiger charge is -2.12. The zero-order valence-corrected chi connectivity index (χ0v) is 23.6. The van der Waals surface area contributed by atoms with E-state index in [2.05, 4.69) is 77.8 Å². The molecule has 2 heterocycles. The lowest BCUT2D eigenvalue weighted by molar-refractivity contribution is 1.18. The maximum Gasteiger partial charge on any atom is 0.0651 e. The number of aromatic amines is 1. The topological polar surface area (TPSA) is 20.7 Å². The molecule has 2 heteroatoms. The van der Waals surface area contributed by atoms with Crippen LogP contribution in [-0.2, 0) is 0 Å². The van der Waals surface area contributed by atoms with Crippen LogP contribution in [0.5, 0.6) is 0 Å².